The Bertz CT molecular complexity index is 947. The number of sulfonamides is 1. The molecule has 0 spiro atoms. The van der Waals surface area contributed by atoms with E-state index in [4.69, 9.17) is 4.74 Å². The predicted octanol–water partition coefficient (Wildman–Crippen LogP) is 3.85. The molecule has 3 rings (SSSR count). The lowest BCUT2D eigenvalue weighted by Gasteiger charge is -2.29. The Hall–Kier alpha value is -2.33. The highest BCUT2D eigenvalue weighted by molar-refractivity contribution is 7.90. The minimum Gasteiger partial charge on any atom is -0.434 e. The van der Waals surface area contributed by atoms with E-state index in [1.165, 1.54) is 6.07 Å². The van der Waals surface area contributed by atoms with Gasteiger partial charge in [-0.15, -0.1) is 10.2 Å². The van der Waals surface area contributed by atoms with Crippen LogP contribution in [0.5, 0.6) is 11.6 Å². The SMILES string of the molecule is CC(C)S(=O)(=O)NCC1CCC(Nc2ccc(Oc3ccc(F)cc3F)nn2)CC1. The molecule has 0 bridgehead atoms. The average Bonchev–Trinajstić information content (AvgIpc) is 2.71. The molecule has 1 aliphatic rings. The van der Waals surface area contributed by atoms with Crippen molar-refractivity contribution in [2.24, 2.45) is 5.92 Å². The summed E-state index contributed by atoms with van der Waals surface area (Å²) >= 11 is 0. The van der Waals surface area contributed by atoms with Crippen LogP contribution in [-0.2, 0) is 10.0 Å². The molecule has 0 saturated heterocycles. The van der Waals surface area contributed by atoms with Crippen LogP contribution in [0.15, 0.2) is 30.3 Å². The highest BCUT2D eigenvalue weighted by atomic mass is 32.2. The number of halogens is 2. The van der Waals surface area contributed by atoms with Gasteiger partial charge in [0.25, 0.3) is 0 Å². The summed E-state index contributed by atoms with van der Waals surface area (Å²) in [6, 6.07) is 6.50. The fourth-order valence-corrected chi connectivity index (χ4v) is 4.04. The second-order valence-electron chi connectivity index (χ2n) is 7.74. The van der Waals surface area contributed by atoms with Crippen LogP contribution in [0.1, 0.15) is 39.5 Å². The van der Waals surface area contributed by atoms with E-state index in [0.29, 0.717) is 18.3 Å². The van der Waals surface area contributed by atoms with Crippen molar-refractivity contribution in [1.29, 1.82) is 0 Å². The second kappa shape index (κ2) is 9.65. The first-order valence-electron chi connectivity index (χ1n) is 9.94. The third kappa shape index (κ3) is 6.09. The van der Waals surface area contributed by atoms with Crippen molar-refractivity contribution < 1.29 is 21.9 Å². The molecule has 30 heavy (non-hydrogen) atoms. The summed E-state index contributed by atoms with van der Waals surface area (Å²) < 4.78 is 58.3. The molecule has 0 radical (unpaired) electrons. The number of nitrogens with one attached hydrogen (secondary N) is 2. The number of rotatable bonds is 8. The third-order valence-electron chi connectivity index (χ3n) is 5.14. The largest absolute Gasteiger partial charge is 0.434 e. The molecule has 1 aromatic heterocycles. The van der Waals surface area contributed by atoms with Gasteiger partial charge in [-0.3, -0.25) is 0 Å². The van der Waals surface area contributed by atoms with Gasteiger partial charge in [0.05, 0.1) is 5.25 Å². The van der Waals surface area contributed by atoms with E-state index in [-0.39, 0.29) is 17.7 Å². The van der Waals surface area contributed by atoms with Crippen LogP contribution in [0.25, 0.3) is 0 Å². The van der Waals surface area contributed by atoms with E-state index >= 15 is 0 Å². The summed E-state index contributed by atoms with van der Waals surface area (Å²) in [5.74, 6) is -0.621. The summed E-state index contributed by atoms with van der Waals surface area (Å²) in [5.41, 5.74) is 0. The second-order valence-corrected chi connectivity index (χ2v) is 10.1. The maximum atomic E-state index is 13.7. The first kappa shape index (κ1) is 22.4. The van der Waals surface area contributed by atoms with Crippen LogP contribution in [0.4, 0.5) is 14.6 Å². The van der Waals surface area contributed by atoms with Crippen LogP contribution >= 0.6 is 0 Å². The molecule has 10 heteroatoms. The van der Waals surface area contributed by atoms with Gasteiger partial charge >= 0.3 is 0 Å². The van der Waals surface area contributed by atoms with Crippen LogP contribution in [0.2, 0.25) is 0 Å². The van der Waals surface area contributed by atoms with Gasteiger partial charge < -0.3 is 10.1 Å². The van der Waals surface area contributed by atoms with Crippen LogP contribution in [-0.4, -0.2) is 36.5 Å². The van der Waals surface area contributed by atoms with Crippen molar-refractivity contribution in [2.75, 3.05) is 11.9 Å². The van der Waals surface area contributed by atoms with E-state index in [0.717, 1.165) is 37.8 Å². The van der Waals surface area contributed by atoms with E-state index in [1.807, 2.05) is 0 Å². The van der Waals surface area contributed by atoms with Gasteiger partial charge in [0.2, 0.25) is 15.9 Å². The number of aromatic nitrogens is 2. The highest BCUT2D eigenvalue weighted by Gasteiger charge is 2.24. The lowest BCUT2D eigenvalue weighted by Crippen LogP contribution is -2.37. The van der Waals surface area contributed by atoms with Crippen LogP contribution in [0, 0.1) is 17.6 Å². The van der Waals surface area contributed by atoms with Crippen LogP contribution < -0.4 is 14.8 Å². The molecule has 0 unspecified atom stereocenters. The minimum absolute atomic E-state index is 0.104. The summed E-state index contributed by atoms with van der Waals surface area (Å²) in [4.78, 5) is 0. The molecular weight excluding hydrogens is 414 g/mol. The maximum absolute atomic E-state index is 13.7. The number of anilines is 1. The predicted molar refractivity (Wildman–Crippen MR) is 110 cm³/mol. The molecule has 7 nitrogen and oxygen atoms in total. The first-order valence-corrected chi connectivity index (χ1v) is 11.5. The van der Waals surface area contributed by atoms with E-state index in [1.54, 1.807) is 26.0 Å². The summed E-state index contributed by atoms with van der Waals surface area (Å²) in [5, 5.41) is 10.8. The molecule has 164 valence electrons. The lowest BCUT2D eigenvalue weighted by atomic mass is 9.86. The molecule has 1 aromatic carbocycles. The third-order valence-corrected chi connectivity index (χ3v) is 6.95. The van der Waals surface area contributed by atoms with Crippen molar-refractivity contribution in [1.82, 2.24) is 14.9 Å². The standard InChI is InChI=1S/C20H26F2N4O3S/c1-13(2)30(27,28)23-12-14-3-6-16(7-4-14)24-19-9-10-20(26-25-19)29-18-8-5-15(21)11-17(18)22/h5,8-11,13-14,16,23H,3-4,6-7,12H2,1-2H3,(H,24,25). The maximum Gasteiger partial charge on any atom is 0.239 e. The van der Waals surface area contributed by atoms with Gasteiger partial charge in [-0.2, -0.15) is 0 Å². The van der Waals surface area contributed by atoms with Crippen LogP contribution in [0.3, 0.4) is 0 Å². The first-order chi connectivity index (χ1) is 14.2. The Morgan fingerprint density at radius 2 is 1.83 bits per heavy atom. The van der Waals surface area contributed by atoms with Crippen molar-refractivity contribution in [2.45, 2.75) is 50.8 Å². The number of nitrogens with zero attached hydrogens (tertiary/aromatic N) is 2. The van der Waals surface area contributed by atoms with Gasteiger partial charge in [-0.05, 0) is 63.6 Å². The highest BCUT2D eigenvalue weighted by Crippen LogP contribution is 2.27. The zero-order chi connectivity index (χ0) is 21.7. The Morgan fingerprint density at radius 3 is 2.43 bits per heavy atom. The molecule has 2 aromatic rings. The van der Waals surface area contributed by atoms with E-state index < -0.39 is 26.9 Å². The summed E-state index contributed by atoms with van der Waals surface area (Å²) in [7, 11) is -3.23. The van der Waals surface area contributed by atoms with Crippen molar-refractivity contribution in [3.8, 4) is 11.6 Å². The number of ether oxygens (including phenoxy) is 1. The van der Waals surface area contributed by atoms with Gasteiger partial charge in [0.15, 0.2) is 11.6 Å². The van der Waals surface area contributed by atoms with Gasteiger partial charge in [-0.1, -0.05) is 0 Å². The van der Waals surface area contributed by atoms with Gasteiger partial charge in [-0.25, -0.2) is 21.9 Å². The Kier molecular flexibility index (Phi) is 7.19. The average molecular weight is 441 g/mol. The van der Waals surface area contributed by atoms with E-state index in [9.17, 15) is 17.2 Å². The fourth-order valence-electron chi connectivity index (χ4n) is 3.24. The molecule has 1 saturated carbocycles. The van der Waals surface area contributed by atoms with E-state index in [2.05, 4.69) is 20.2 Å². The fraction of sp³-hybridized carbons (Fsp3) is 0.500. The lowest BCUT2D eigenvalue weighted by molar-refractivity contribution is 0.336. The molecule has 0 atom stereocenters. The number of benzene rings is 1. The zero-order valence-corrected chi connectivity index (χ0v) is 17.8. The summed E-state index contributed by atoms with van der Waals surface area (Å²) in [6.45, 7) is 3.80. The molecule has 0 aliphatic heterocycles. The molecule has 1 heterocycles. The van der Waals surface area contributed by atoms with Crippen molar-refractivity contribution in [3.63, 3.8) is 0 Å². The van der Waals surface area contributed by atoms with Gasteiger partial charge in [0, 0.05) is 24.7 Å². The Labute approximate surface area is 175 Å². The quantitative estimate of drug-likeness (QED) is 0.648. The van der Waals surface area contributed by atoms with Crippen molar-refractivity contribution in [3.05, 3.63) is 42.0 Å². The molecule has 2 N–H and O–H groups in total. The molecule has 1 fully saturated rings. The molecule has 0 amide bonds. The zero-order valence-electron chi connectivity index (χ0n) is 16.9. The monoisotopic (exact) mass is 440 g/mol. The number of hydrogen-bond acceptors (Lipinski definition) is 6. The number of hydrogen-bond donors (Lipinski definition) is 2. The Balaban J connectivity index is 1.46. The van der Waals surface area contributed by atoms with Crippen molar-refractivity contribution >= 4 is 15.8 Å². The van der Waals surface area contributed by atoms with Gasteiger partial charge in [0.1, 0.15) is 11.6 Å². The summed E-state index contributed by atoms with van der Waals surface area (Å²) in [6.07, 6.45) is 3.62. The normalized spacial score (nSPS) is 19.6. The Morgan fingerprint density at radius 1 is 1.10 bits per heavy atom. The minimum atomic E-state index is -3.23. The molecular formula is C20H26F2N4O3S. The molecule has 1 aliphatic carbocycles. The smallest absolute Gasteiger partial charge is 0.239 e. The topological polar surface area (TPSA) is 93.2 Å².